The Morgan fingerprint density at radius 2 is 1.26 bits per heavy atom. The highest BCUT2D eigenvalue weighted by atomic mass is 14.2. The van der Waals surface area contributed by atoms with Gasteiger partial charge in [-0.3, -0.25) is 0 Å². The number of hydrogen-bond donors (Lipinski definition) is 0. The number of allylic oxidation sites excluding steroid dienone is 2. The minimum Gasteiger partial charge on any atom is -0.0844 e. The Morgan fingerprint density at radius 3 is 1.74 bits per heavy atom. The summed E-state index contributed by atoms with van der Waals surface area (Å²) in [5.41, 5.74) is 4.44. The predicted molar refractivity (Wildman–Crippen MR) is 81.3 cm³/mol. The summed E-state index contributed by atoms with van der Waals surface area (Å²) < 4.78 is 0. The Hall–Kier alpha value is -1.82. The maximum absolute atomic E-state index is 2.47. The molecule has 0 saturated carbocycles. The topological polar surface area (TPSA) is 0 Å². The lowest BCUT2D eigenvalue weighted by atomic mass is 9.80. The molecule has 0 saturated heterocycles. The van der Waals surface area contributed by atoms with Crippen molar-refractivity contribution in [2.45, 2.75) is 31.6 Å². The van der Waals surface area contributed by atoms with E-state index in [2.05, 4.69) is 66.7 Å². The molecule has 19 heavy (non-hydrogen) atoms. The molecule has 0 heterocycles. The van der Waals surface area contributed by atoms with Gasteiger partial charge in [-0.1, -0.05) is 72.3 Å². The van der Waals surface area contributed by atoms with Crippen LogP contribution in [0.4, 0.5) is 0 Å². The third kappa shape index (κ3) is 2.78. The summed E-state index contributed by atoms with van der Waals surface area (Å²) in [6.45, 7) is 0. The van der Waals surface area contributed by atoms with Crippen LogP contribution in [0, 0.1) is 0 Å². The first-order chi connectivity index (χ1) is 9.45. The van der Waals surface area contributed by atoms with Crippen molar-refractivity contribution in [3.63, 3.8) is 0 Å². The summed E-state index contributed by atoms with van der Waals surface area (Å²) in [7, 11) is 0. The highest BCUT2D eigenvalue weighted by molar-refractivity contribution is 5.41. The van der Waals surface area contributed by atoms with E-state index in [-0.39, 0.29) is 0 Å². The Balaban J connectivity index is 2.03. The second kappa shape index (κ2) is 5.88. The van der Waals surface area contributed by atoms with E-state index in [1.165, 1.54) is 36.8 Å². The van der Waals surface area contributed by atoms with Gasteiger partial charge in [0.1, 0.15) is 0 Å². The second-order valence-electron chi connectivity index (χ2n) is 5.28. The first kappa shape index (κ1) is 12.2. The van der Waals surface area contributed by atoms with Crippen molar-refractivity contribution < 1.29 is 0 Å². The SMILES string of the molecule is C1=C(C(c2ccccc2)c2ccccc2)CCCC1. The van der Waals surface area contributed by atoms with E-state index >= 15 is 0 Å². The first-order valence-corrected chi connectivity index (χ1v) is 7.24. The van der Waals surface area contributed by atoms with Gasteiger partial charge in [-0.2, -0.15) is 0 Å². The van der Waals surface area contributed by atoms with Crippen molar-refractivity contribution in [1.29, 1.82) is 0 Å². The van der Waals surface area contributed by atoms with Gasteiger partial charge in [0.05, 0.1) is 0 Å². The molecule has 0 unspecified atom stereocenters. The van der Waals surface area contributed by atoms with E-state index in [1.54, 1.807) is 5.57 Å². The Bertz CT molecular complexity index is 497. The molecule has 2 aromatic carbocycles. The molecule has 0 spiro atoms. The van der Waals surface area contributed by atoms with Gasteiger partial charge in [0.2, 0.25) is 0 Å². The highest BCUT2D eigenvalue weighted by Gasteiger charge is 2.19. The van der Waals surface area contributed by atoms with E-state index in [1.807, 2.05) is 0 Å². The molecular weight excluding hydrogens is 228 g/mol. The molecule has 0 heteroatoms. The normalized spacial score (nSPS) is 15.3. The fourth-order valence-corrected chi connectivity index (χ4v) is 3.04. The van der Waals surface area contributed by atoms with Gasteiger partial charge in [0, 0.05) is 5.92 Å². The minimum absolute atomic E-state index is 0.447. The lowest BCUT2D eigenvalue weighted by molar-refractivity contribution is 0.668. The summed E-state index contributed by atoms with van der Waals surface area (Å²) in [6, 6.07) is 21.8. The van der Waals surface area contributed by atoms with Gasteiger partial charge in [-0.15, -0.1) is 0 Å². The Morgan fingerprint density at radius 1 is 0.684 bits per heavy atom. The molecule has 0 nitrogen and oxygen atoms in total. The fourth-order valence-electron chi connectivity index (χ4n) is 3.04. The molecule has 0 N–H and O–H groups in total. The maximum atomic E-state index is 2.47. The smallest absolute Gasteiger partial charge is 0.0298 e. The van der Waals surface area contributed by atoms with Crippen LogP contribution in [0.25, 0.3) is 0 Å². The molecule has 0 atom stereocenters. The second-order valence-corrected chi connectivity index (χ2v) is 5.28. The van der Waals surface area contributed by atoms with Crippen LogP contribution in [0.15, 0.2) is 72.3 Å². The van der Waals surface area contributed by atoms with Gasteiger partial charge in [-0.05, 0) is 36.8 Å². The van der Waals surface area contributed by atoms with Crippen LogP contribution in [0.5, 0.6) is 0 Å². The Kier molecular flexibility index (Phi) is 3.78. The molecule has 2 aromatic rings. The van der Waals surface area contributed by atoms with E-state index in [4.69, 9.17) is 0 Å². The van der Waals surface area contributed by atoms with Gasteiger partial charge in [0.25, 0.3) is 0 Å². The molecule has 0 fully saturated rings. The van der Waals surface area contributed by atoms with Crippen molar-refractivity contribution >= 4 is 0 Å². The third-order valence-electron chi connectivity index (χ3n) is 3.96. The van der Waals surface area contributed by atoms with Gasteiger partial charge >= 0.3 is 0 Å². The molecule has 0 aliphatic heterocycles. The van der Waals surface area contributed by atoms with Gasteiger partial charge < -0.3 is 0 Å². The average Bonchev–Trinajstić information content (AvgIpc) is 2.51. The van der Waals surface area contributed by atoms with Crippen LogP contribution in [0.2, 0.25) is 0 Å². The van der Waals surface area contributed by atoms with Gasteiger partial charge in [-0.25, -0.2) is 0 Å². The molecule has 0 amide bonds. The lowest BCUT2D eigenvalue weighted by Crippen LogP contribution is -2.07. The van der Waals surface area contributed by atoms with Crippen molar-refractivity contribution in [2.75, 3.05) is 0 Å². The standard InChI is InChI=1S/C19H20/c1-4-10-16(11-5-1)19(17-12-6-2-7-13-17)18-14-8-3-9-15-18/h1-2,4-7,10-14,19H,3,8-9,15H2. The molecule has 0 aromatic heterocycles. The zero-order valence-corrected chi connectivity index (χ0v) is 11.3. The predicted octanol–water partition coefficient (Wildman–Crippen LogP) is 5.32. The van der Waals surface area contributed by atoms with E-state index < -0.39 is 0 Å². The van der Waals surface area contributed by atoms with Crippen LogP contribution in [0.3, 0.4) is 0 Å². The van der Waals surface area contributed by atoms with Gasteiger partial charge in [0.15, 0.2) is 0 Å². The molecule has 0 bridgehead atoms. The summed E-state index contributed by atoms with van der Waals surface area (Å²) in [5.74, 6) is 0.447. The highest BCUT2D eigenvalue weighted by Crippen LogP contribution is 2.36. The van der Waals surface area contributed by atoms with Crippen molar-refractivity contribution in [1.82, 2.24) is 0 Å². The number of hydrogen-bond acceptors (Lipinski definition) is 0. The van der Waals surface area contributed by atoms with Crippen molar-refractivity contribution in [2.24, 2.45) is 0 Å². The molecular formula is C19H20. The maximum Gasteiger partial charge on any atom is 0.0298 e. The zero-order chi connectivity index (χ0) is 12.9. The largest absolute Gasteiger partial charge is 0.0844 e. The average molecular weight is 248 g/mol. The van der Waals surface area contributed by atoms with E-state index in [0.29, 0.717) is 5.92 Å². The monoisotopic (exact) mass is 248 g/mol. The number of rotatable bonds is 3. The van der Waals surface area contributed by atoms with E-state index in [0.717, 1.165) is 0 Å². The van der Waals surface area contributed by atoms with Crippen LogP contribution < -0.4 is 0 Å². The summed E-state index contributed by atoms with van der Waals surface area (Å²) in [6.07, 6.45) is 7.63. The first-order valence-electron chi connectivity index (χ1n) is 7.24. The molecule has 0 radical (unpaired) electrons. The summed E-state index contributed by atoms with van der Waals surface area (Å²) in [5, 5.41) is 0. The van der Waals surface area contributed by atoms with Crippen molar-refractivity contribution in [3.8, 4) is 0 Å². The van der Waals surface area contributed by atoms with E-state index in [9.17, 15) is 0 Å². The third-order valence-corrected chi connectivity index (χ3v) is 3.96. The molecule has 3 rings (SSSR count). The lowest BCUT2D eigenvalue weighted by Gasteiger charge is -2.24. The van der Waals surface area contributed by atoms with Crippen molar-refractivity contribution in [3.05, 3.63) is 83.4 Å². The molecule has 96 valence electrons. The van der Waals surface area contributed by atoms with Crippen LogP contribution in [-0.2, 0) is 0 Å². The van der Waals surface area contributed by atoms with Crippen LogP contribution in [0.1, 0.15) is 42.7 Å². The Labute approximate surface area is 115 Å². The van der Waals surface area contributed by atoms with Crippen LogP contribution >= 0.6 is 0 Å². The number of benzene rings is 2. The zero-order valence-electron chi connectivity index (χ0n) is 11.3. The minimum atomic E-state index is 0.447. The fraction of sp³-hybridized carbons (Fsp3) is 0.263. The summed E-state index contributed by atoms with van der Waals surface area (Å²) >= 11 is 0. The summed E-state index contributed by atoms with van der Waals surface area (Å²) in [4.78, 5) is 0. The van der Waals surface area contributed by atoms with Crippen LogP contribution in [-0.4, -0.2) is 0 Å². The quantitative estimate of drug-likeness (QED) is 0.645. The molecule has 1 aliphatic rings. The molecule has 1 aliphatic carbocycles.